The van der Waals surface area contributed by atoms with Crippen LogP contribution in [0.3, 0.4) is 0 Å². The molecule has 50 heavy (non-hydrogen) atoms. The molecule has 0 unspecified atom stereocenters. The molecule has 2 aromatic carbocycles. The first kappa shape index (κ1) is 34.4. The molecule has 0 spiro atoms. The lowest BCUT2D eigenvalue weighted by molar-refractivity contribution is -0.137. The summed E-state index contributed by atoms with van der Waals surface area (Å²) in [5.41, 5.74) is 9.95. The fourth-order valence-electron chi connectivity index (χ4n) is 6.38. The van der Waals surface area contributed by atoms with Gasteiger partial charge >= 0.3 is 6.18 Å². The van der Waals surface area contributed by atoms with Gasteiger partial charge in [0.15, 0.2) is 0 Å². The molecule has 2 atom stereocenters. The number of fused-ring (bicyclic) bond motifs is 1. The molecule has 0 aliphatic heterocycles. The lowest BCUT2D eigenvalue weighted by Gasteiger charge is -2.27. The molecule has 10 nitrogen and oxygen atoms in total. The van der Waals surface area contributed by atoms with E-state index in [9.17, 15) is 18.0 Å². The van der Waals surface area contributed by atoms with E-state index < -0.39 is 17.6 Å². The van der Waals surface area contributed by atoms with Crippen LogP contribution < -0.4 is 25.8 Å². The van der Waals surface area contributed by atoms with Crippen LogP contribution in [0.1, 0.15) is 58.8 Å². The molecule has 5 aromatic rings. The Morgan fingerprint density at radius 3 is 2.56 bits per heavy atom. The Labute approximate surface area is 287 Å². The Bertz CT molecular complexity index is 2010. The number of nitrogens with two attached hydrogens (primary N) is 1. The highest BCUT2D eigenvalue weighted by atomic mass is 19.4. The largest absolute Gasteiger partial charge is 0.497 e. The number of allylic oxidation sites excluding steroid dienone is 1. The number of hydrogen-bond donors (Lipinski definition) is 3. The van der Waals surface area contributed by atoms with Crippen LogP contribution in [-0.2, 0) is 19.1 Å². The highest BCUT2D eigenvalue weighted by Gasteiger charge is 2.31. The molecule has 1 aliphatic carbocycles. The van der Waals surface area contributed by atoms with Gasteiger partial charge in [-0.2, -0.15) is 18.3 Å². The van der Waals surface area contributed by atoms with Crippen LogP contribution >= 0.6 is 0 Å². The van der Waals surface area contributed by atoms with Crippen LogP contribution in [0.25, 0.3) is 22.2 Å². The molecule has 4 N–H and O–H groups in total. The van der Waals surface area contributed by atoms with Crippen molar-refractivity contribution in [1.29, 1.82) is 0 Å². The van der Waals surface area contributed by atoms with Crippen molar-refractivity contribution in [3.05, 3.63) is 102 Å². The topological polar surface area (TPSA) is 129 Å². The number of nitrogens with one attached hydrogen (secondary N) is 2. The first-order valence-electron chi connectivity index (χ1n) is 16.3. The third-order valence-corrected chi connectivity index (χ3v) is 8.89. The molecule has 1 amide bonds. The number of pyridine rings is 2. The first-order valence-corrected chi connectivity index (χ1v) is 16.3. The quantitative estimate of drug-likeness (QED) is 0.122. The minimum absolute atomic E-state index is 0.0605. The Hall–Kier alpha value is -5.43. The Kier molecular flexibility index (Phi) is 10.0. The van der Waals surface area contributed by atoms with Gasteiger partial charge in [-0.15, -0.1) is 6.58 Å². The number of carbonyl (C=O) groups is 1. The standard InChI is InChI=1S/C37H38F3N7O3/c1-4-6-25-21-44-35(43-20-24-13-14-29(49-2)19-30(24)50-3)32-33(46-47(34(25)32)28-8-5-7-27(41)18-28)22-9-11-23(12-10-22)36(48)45-31-17-26(15-16-42-31)37(38,39)40/h4,9-17,19,21,27-28H,1,5-8,18,20,41H2,2-3H3,(H,43,44)(H,42,45,48)/t27-,28-/m1/s1. The summed E-state index contributed by atoms with van der Waals surface area (Å²) in [4.78, 5) is 21.8. The summed E-state index contributed by atoms with van der Waals surface area (Å²) >= 11 is 0. The number of hydrogen-bond acceptors (Lipinski definition) is 8. The zero-order valence-corrected chi connectivity index (χ0v) is 27.8. The smallest absolute Gasteiger partial charge is 0.416 e. The molecule has 0 bridgehead atoms. The Morgan fingerprint density at radius 1 is 1.06 bits per heavy atom. The molecule has 6 rings (SSSR count). The van der Waals surface area contributed by atoms with Crippen LogP contribution in [0.2, 0.25) is 0 Å². The predicted octanol–water partition coefficient (Wildman–Crippen LogP) is 7.56. The van der Waals surface area contributed by atoms with Crippen LogP contribution in [0, 0.1) is 0 Å². The molecule has 0 radical (unpaired) electrons. The number of alkyl halides is 3. The van der Waals surface area contributed by atoms with Gasteiger partial charge in [-0.25, -0.2) is 9.97 Å². The van der Waals surface area contributed by atoms with Gasteiger partial charge in [0, 0.05) is 53.3 Å². The molecule has 3 heterocycles. The first-order chi connectivity index (χ1) is 24.1. The fourth-order valence-corrected chi connectivity index (χ4v) is 6.38. The summed E-state index contributed by atoms with van der Waals surface area (Å²) in [7, 11) is 3.21. The lowest BCUT2D eigenvalue weighted by Crippen LogP contribution is -2.29. The van der Waals surface area contributed by atoms with E-state index in [1.54, 1.807) is 38.5 Å². The number of benzene rings is 2. The van der Waals surface area contributed by atoms with Crippen molar-refractivity contribution < 1.29 is 27.4 Å². The maximum absolute atomic E-state index is 13.2. The number of aromatic nitrogens is 4. The van der Waals surface area contributed by atoms with Crippen molar-refractivity contribution in [2.75, 3.05) is 24.9 Å². The highest BCUT2D eigenvalue weighted by Crippen LogP contribution is 2.40. The average Bonchev–Trinajstić information content (AvgIpc) is 3.52. The summed E-state index contributed by atoms with van der Waals surface area (Å²) in [6, 6.07) is 14.1. The minimum Gasteiger partial charge on any atom is -0.497 e. The van der Waals surface area contributed by atoms with Crippen LogP contribution in [0.4, 0.5) is 24.8 Å². The second kappa shape index (κ2) is 14.6. The van der Waals surface area contributed by atoms with Crippen LogP contribution in [-0.4, -0.2) is 45.9 Å². The van der Waals surface area contributed by atoms with E-state index in [-0.39, 0.29) is 23.5 Å². The second-order valence-corrected chi connectivity index (χ2v) is 12.2. The van der Waals surface area contributed by atoms with Gasteiger partial charge in [0.05, 0.1) is 36.7 Å². The predicted molar refractivity (Wildman–Crippen MR) is 186 cm³/mol. The van der Waals surface area contributed by atoms with Gasteiger partial charge in [0.2, 0.25) is 0 Å². The number of carbonyl (C=O) groups excluding carboxylic acids is 1. The van der Waals surface area contributed by atoms with Gasteiger partial charge in [0.1, 0.15) is 28.8 Å². The van der Waals surface area contributed by atoms with Crippen LogP contribution in [0.15, 0.2) is 79.6 Å². The molecular formula is C37H38F3N7O3. The molecule has 3 aromatic heterocycles. The summed E-state index contributed by atoms with van der Waals surface area (Å²) in [5.74, 6) is 1.16. The van der Waals surface area contributed by atoms with Crippen LogP contribution in [0.5, 0.6) is 11.5 Å². The fraction of sp³-hybridized carbons (Fsp3) is 0.297. The third kappa shape index (κ3) is 7.27. The van der Waals surface area contributed by atoms with Crippen molar-refractivity contribution >= 4 is 28.4 Å². The maximum atomic E-state index is 13.2. The summed E-state index contributed by atoms with van der Waals surface area (Å²) in [6.45, 7) is 4.37. The van der Waals surface area contributed by atoms with Crippen molar-refractivity contribution in [3.63, 3.8) is 0 Å². The summed E-state index contributed by atoms with van der Waals surface area (Å²) in [5, 5.41) is 12.0. The molecular weight excluding hydrogens is 647 g/mol. The lowest BCUT2D eigenvalue weighted by atomic mass is 9.91. The number of rotatable bonds is 11. The van der Waals surface area contributed by atoms with E-state index in [0.717, 1.165) is 71.6 Å². The van der Waals surface area contributed by atoms with E-state index in [2.05, 4.69) is 26.9 Å². The highest BCUT2D eigenvalue weighted by molar-refractivity contribution is 6.05. The van der Waals surface area contributed by atoms with Crippen molar-refractivity contribution in [2.45, 2.75) is 56.9 Å². The minimum atomic E-state index is -4.56. The Balaban J connectivity index is 1.40. The molecule has 260 valence electrons. The van der Waals surface area contributed by atoms with Crippen molar-refractivity contribution in [1.82, 2.24) is 19.7 Å². The van der Waals surface area contributed by atoms with Gasteiger partial charge < -0.3 is 25.8 Å². The van der Waals surface area contributed by atoms with Crippen molar-refractivity contribution in [3.8, 4) is 22.8 Å². The van der Waals surface area contributed by atoms with Crippen molar-refractivity contribution in [2.24, 2.45) is 5.73 Å². The van der Waals surface area contributed by atoms with E-state index in [0.29, 0.717) is 36.0 Å². The number of methoxy groups -OCH3 is 2. The third-order valence-electron chi connectivity index (χ3n) is 8.89. The summed E-state index contributed by atoms with van der Waals surface area (Å²) < 4.78 is 52.7. The molecule has 1 fully saturated rings. The monoisotopic (exact) mass is 685 g/mol. The Morgan fingerprint density at radius 2 is 1.86 bits per heavy atom. The van der Waals surface area contributed by atoms with E-state index in [4.69, 9.17) is 25.3 Å². The zero-order chi connectivity index (χ0) is 35.4. The maximum Gasteiger partial charge on any atom is 0.416 e. The van der Waals surface area contributed by atoms with Gasteiger partial charge in [-0.05, 0) is 68.5 Å². The van der Waals surface area contributed by atoms with E-state index >= 15 is 0 Å². The normalized spacial score (nSPS) is 16.2. The number of nitrogens with zero attached hydrogens (tertiary/aromatic N) is 4. The van der Waals surface area contributed by atoms with E-state index in [1.807, 2.05) is 30.5 Å². The molecule has 13 heteroatoms. The number of halogens is 3. The summed E-state index contributed by atoms with van der Waals surface area (Å²) in [6.07, 6.45) is 4.34. The van der Waals surface area contributed by atoms with E-state index in [1.165, 1.54) is 0 Å². The molecule has 1 saturated carbocycles. The molecule has 1 aliphatic rings. The van der Waals surface area contributed by atoms with Gasteiger partial charge in [-0.1, -0.05) is 18.2 Å². The average molecular weight is 686 g/mol. The zero-order valence-electron chi connectivity index (χ0n) is 27.8. The van der Waals surface area contributed by atoms with Gasteiger partial charge in [0.25, 0.3) is 5.91 Å². The number of amides is 1. The SMILES string of the molecule is C=CCc1cnc(NCc2ccc(OC)cc2OC)c2c(-c3ccc(C(=O)Nc4cc(C(F)(F)F)ccn4)cc3)nn([C@@H]3CCC[C@@H](N)C3)c12. The van der Waals surface area contributed by atoms with Gasteiger partial charge in [-0.3, -0.25) is 9.48 Å². The number of anilines is 2. The second-order valence-electron chi connectivity index (χ2n) is 12.2. The number of ether oxygens (including phenoxy) is 2. The molecule has 0 saturated heterocycles.